The molecule has 0 amide bonds. The van der Waals surface area contributed by atoms with Crippen molar-refractivity contribution in [3.05, 3.63) is 53.0 Å². The normalized spacial score (nSPS) is 20.7. The van der Waals surface area contributed by atoms with Gasteiger partial charge < -0.3 is 4.90 Å². The van der Waals surface area contributed by atoms with E-state index in [9.17, 15) is 8.42 Å². The van der Waals surface area contributed by atoms with Crippen LogP contribution < -0.4 is 4.90 Å². The van der Waals surface area contributed by atoms with E-state index in [1.54, 1.807) is 0 Å². The van der Waals surface area contributed by atoms with E-state index in [1.165, 1.54) is 21.7 Å². The van der Waals surface area contributed by atoms with Crippen molar-refractivity contribution in [1.29, 1.82) is 0 Å². The monoisotopic (exact) mass is 386 g/mol. The number of sulfonamides is 1. The maximum absolute atomic E-state index is 11.8. The van der Waals surface area contributed by atoms with Crippen LogP contribution in [0.2, 0.25) is 0 Å². The zero-order chi connectivity index (χ0) is 19.0. The lowest BCUT2D eigenvalue weighted by atomic mass is 10.0. The van der Waals surface area contributed by atoms with Gasteiger partial charge >= 0.3 is 0 Å². The first-order chi connectivity index (χ1) is 12.9. The van der Waals surface area contributed by atoms with Crippen molar-refractivity contribution in [3.63, 3.8) is 0 Å². The van der Waals surface area contributed by atoms with E-state index in [1.807, 2.05) is 6.07 Å². The van der Waals surface area contributed by atoms with Crippen LogP contribution in [0, 0.1) is 6.92 Å². The number of hydrogen-bond donors (Lipinski definition) is 0. The molecule has 0 bridgehead atoms. The van der Waals surface area contributed by atoms with Gasteiger partial charge in [0.25, 0.3) is 0 Å². The fourth-order valence-corrected chi connectivity index (χ4v) is 4.98. The molecular formula is C20H26N4O2S. The Morgan fingerprint density at radius 3 is 2.63 bits per heavy atom. The molecule has 27 heavy (non-hydrogen) atoms. The Morgan fingerprint density at radius 2 is 1.93 bits per heavy atom. The number of aromatic nitrogens is 2. The maximum Gasteiger partial charge on any atom is 0.211 e. The lowest BCUT2D eigenvalue weighted by Crippen LogP contribution is -2.31. The van der Waals surface area contributed by atoms with Crippen molar-refractivity contribution >= 4 is 15.8 Å². The first-order valence-corrected chi connectivity index (χ1v) is 11.4. The number of rotatable bonds is 4. The van der Waals surface area contributed by atoms with Crippen LogP contribution in [-0.4, -0.2) is 48.6 Å². The highest BCUT2D eigenvalue weighted by Gasteiger charge is 2.32. The van der Waals surface area contributed by atoms with Crippen molar-refractivity contribution in [2.75, 3.05) is 30.8 Å². The van der Waals surface area contributed by atoms with E-state index in [0.717, 1.165) is 49.7 Å². The summed E-state index contributed by atoms with van der Waals surface area (Å²) in [5, 5.41) is 0. The summed E-state index contributed by atoms with van der Waals surface area (Å²) in [5.41, 5.74) is 3.54. The Bertz CT molecular complexity index is 930. The fourth-order valence-electron chi connectivity index (χ4n) is 4.09. The van der Waals surface area contributed by atoms with Crippen molar-refractivity contribution in [2.24, 2.45) is 0 Å². The Balaban J connectivity index is 1.63. The average molecular weight is 387 g/mol. The minimum atomic E-state index is -3.16. The van der Waals surface area contributed by atoms with Crippen LogP contribution in [0.15, 0.2) is 30.3 Å². The highest BCUT2D eigenvalue weighted by atomic mass is 32.2. The number of fused-ring (bicyclic) bond motifs is 1. The first kappa shape index (κ1) is 18.4. The van der Waals surface area contributed by atoms with Crippen molar-refractivity contribution in [2.45, 2.75) is 38.6 Å². The second kappa shape index (κ2) is 7.20. The topological polar surface area (TPSA) is 66.4 Å². The van der Waals surface area contributed by atoms with Crippen LogP contribution in [0.25, 0.3) is 0 Å². The smallest absolute Gasteiger partial charge is 0.211 e. The summed E-state index contributed by atoms with van der Waals surface area (Å²) >= 11 is 0. The van der Waals surface area contributed by atoms with Gasteiger partial charge in [0.2, 0.25) is 10.0 Å². The molecule has 2 aromatic rings. The van der Waals surface area contributed by atoms with Gasteiger partial charge in [0, 0.05) is 43.4 Å². The third-order valence-corrected chi connectivity index (χ3v) is 6.83. The quantitative estimate of drug-likeness (QED) is 0.808. The van der Waals surface area contributed by atoms with Gasteiger partial charge in [-0.15, -0.1) is 0 Å². The van der Waals surface area contributed by atoms with E-state index in [0.29, 0.717) is 13.1 Å². The third kappa shape index (κ3) is 3.84. The Labute approximate surface area is 161 Å². The molecule has 1 atom stereocenters. The van der Waals surface area contributed by atoms with Crippen LogP contribution >= 0.6 is 0 Å². The van der Waals surface area contributed by atoms with E-state index in [4.69, 9.17) is 9.97 Å². The lowest BCUT2D eigenvalue weighted by Gasteiger charge is -2.31. The van der Waals surface area contributed by atoms with E-state index in [-0.39, 0.29) is 5.92 Å². The van der Waals surface area contributed by atoms with Crippen LogP contribution in [0.4, 0.5) is 5.82 Å². The number of aryl methyl sites for hydroxylation is 1. The molecule has 0 saturated carbocycles. The molecule has 3 heterocycles. The molecular weight excluding hydrogens is 360 g/mol. The van der Waals surface area contributed by atoms with Gasteiger partial charge in [0.1, 0.15) is 11.6 Å². The summed E-state index contributed by atoms with van der Waals surface area (Å²) in [6.07, 6.45) is 4.17. The summed E-state index contributed by atoms with van der Waals surface area (Å²) in [7, 11) is -3.16. The molecule has 144 valence electrons. The molecule has 0 N–H and O–H groups in total. The number of hydrogen-bond acceptors (Lipinski definition) is 5. The summed E-state index contributed by atoms with van der Waals surface area (Å²) in [6, 6.07) is 10.4. The van der Waals surface area contributed by atoms with Crippen LogP contribution in [0.1, 0.15) is 41.4 Å². The van der Waals surface area contributed by atoms with Gasteiger partial charge in [0.15, 0.2) is 0 Å². The number of nitrogens with zero attached hydrogens (tertiary/aromatic N) is 4. The zero-order valence-electron chi connectivity index (χ0n) is 15.9. The number of anilines is 1. The molecule has 6 nitrogen and oxygen atoms in total. The SMILES string of the molecule is Cc1nc([C@H]2CCN(S(C)(=O)=O)C2)nc2c1CCCN2Cc1ccccc1. The molecule has 1 fully saturated rings. The fraction of sp³-hybridized carbons (Fsp3) is 0.500. The van der Waals surface area contributed by atoms with Crippen LogP contribution in [-0.2, 0) is 23.0 Å². The second-order valence-electron chi connectivity index (χ2n) is 7.59. The molecule has 2 aliphatic rings. The van der Waals surface area contributed by atoms with Gasteiger partial charge in [0.05, 0.1) is 6.26 Å². The second-order valence-corrected chi connectivity index (χ2v) is 9.57. The molecule has 0 radical (unpaired) electrons. The highest BCUT2D eigenvalue weighted by molar-refractivity contribution is 7.88. The Kier molecular flexibility index (Phi) is 4.90. The summed E-state index contributed by atoms with van der Waals surface area (Å²) < 4.78 is 25.2. The number of benzene rings is 1. The molecule has 0 spiro atoms. The first-order valence-electron chi connectivity index (χ1n) is 9.53. The maximum atomic E-state index is 11.8. The zero-order valence-corrected chi connectivity index (χ0v) is 16.7. The molecule has 2 aliphatic heterocycles. The van der Waals surface area contributed by atoms with Crippen LogP contribution in [0.3, 0.4) is 0 Å². The summed E-state index contributed by atoms with van der Waals surface area (Å²) in [6.45, 7) is 4.91. The van der Waals surface area contributed by atoms with Gasteiger partial charge in [-0.05, 0) is 31.7 Å². The minimum Gasteiger partial charge on any atom is -0.352 e. The predicted molar refractivity (Wildman–Crippen MR) is 106 cm³/mol. The predicted octanol–water partition coefficient (Wildman–Crippen LogP) is 2.49. The summed E-state index contributed by atoms with van der Waals surface area (Å²) in [4.78, 5) is 12.1. The Morgan fingerprint density at radius 1 is 1.15 bits per heavy atom. The Hall–Kier alpha value is -1.99. The molecule has 1 saturated heterocycles. The molecule has 1 aromatic carbocycles. The largest absolute Gasteiger partial charge is 0.352 e. The third-order valence-electron chi connectivity index (χ3n) is 5.57. The summed E-state index contributed by atoms with van der Waals surface area (Å²) in [5.74, 6) is 1.90. The van der Waals surface area contributed by atoms with Crippen LogP contribution in [0.5, 0.6) is 0 Å². The van der Waals surface area contributed by atoms with Gasteiger partial charge in [-0.1, -0.05) is 30.3 Å². The van der Waals surface area contributed by atoms with Gasteiger partial charge in [-0.2, -0.15) is 0 Å². The van der Waals surface area contributed by atoms with E-state index < -0.39 is 10.0 Å². The van der Waals surface area contributed by atoms with E-state index in [2.05, 4.69) is 36.1 Å². The van der Waals surface area contributed by atoms with Crippen molar-refractivity contribution in [1.82, 2.24) is 14.3 Å². The van der Waals surface area contributed by atoms with Crippen molar-refractivity contribution < 1.29 is 8.42 Å². The minimum absolute atomic E-state index is 0.0734. The van der Waals surface area contributed by atoms with Gasteiger partial charge in [-0.25, -0.2) is 22.7 Å². The highest BCUT2D eigenvalue weighted by Crippen LogP contribution is 2.33. The average Bonchev–Trinajstić information content (AvgIpc) is 3.14. The molecule has 1 aromatic heterocycles. The standard InChI is InChI=1S/C20H26N4O2S/c1-15-18-9-6-11-23(13-16-7-4-3-5-8-16)20(18)22-19(21-15)17-10-12-24(14-17)27(2,25)26/h3-5,7-8,17H,6,9-14H2,1-2H3/t17-/m0/s1. The van der Waals surface area contributed by atoms with E-state index >= 15 is 0 Å². The lowest BCUT2D eigenvalue weighted by molar-refractivity contribution is 0.476. The van der Waals surface area contributed by atoms with Gasteiger partial charge in [-0.3, -0.25) is 0 Å². The van der Waals surface area contributed by atoms with Crippen molar-refractivity contribution in [3.8, 4) is 0 Å². The molecule has 0 aliphatic carbocycles. The molecule has 4 rings (SSSR count). The molecule has 7 heteroatoms. The molecule has 0 unspecified atom stereocenters.